The van der Waals surface area contributed by atoms with Crippen molar-refractivity contribution in [2.24, 2.45) is 4.99 Å². The number of rotatable bonds is 3. The monoisotopic (exact) mass is 267 g/mol. The molecule has 3 rings (SSSR count). The highest BCUT2D eigenvalue weighted by molar-refractivity contribution is 6.11. The lowest BCUT2D eigenvalue weighted by Crippen LogP contribution is -2.12. The number of pyridine rings is 1. The van der Waals surface area contributed by atoms with Gasteiger partial charge in [0.1, 0.15) is 23.2 Å². The number of carbonyl (C=O) groups is 1. The van der Waals surface area contributed by atoms with Gasteiger partial charge < -0.3 is 10.1 Å². The van der Waals surface area contributed by atoms with E-state index in [1.54, 1.807) is 19.5 Å². The number of nitrogens with zero attached hydrogens (tertiary/aromatic N) is 2. The lowest BCUT2D eigenvalue weighted by molar-refractivity contribution is -0.115. The maximum atomic E-state index is 11.9. The Bertz CT molecular complexity index is 682. The first-order valence-corrected chi connectivity index (χ1v) is 6.22. The Morgan fingerprint density at radius 3 is 3.00 bits per heavy atom. The highest BCUT2D eigenvalue weighted by atomic mass is 16.5. The smallest absolute Gasteiger partial charge is 0.238 e. The van der Waals surface area contributed by atoms with Crippen LogP contribution in [-0.4, -0.2) is 24.2 Å². The second-order valence-corrected chi connectivity index (χ2v) is 4.36. The molecule has 0 saturated carbocycles. The van der Waals surface area contributed by atoms with Crippen LogP contribution in [0, 0.1) is 0 Å². The van der Waals surface area contributed by atoms with Gasteiger partial charge in [0.2, 0.25) is 5.91 Å². The number of para-hydroxylation sites is 2. The number of aliphatic imine (C=N–C) groups is 1. The second kappa shape index (κ2) is 5.13. The van der Waals surface area contributed by atoms with Gasteiger partial charge in [-0.15, -0.1) is 0 Å². The number of benzene rings is 1. The molecule has 0 bridgehead atoms. The van der Waals surface area contributed by atoms with Crippen LogP contribution in [0.25, 0.3) is 0 Å². The zero-order valence-electron chi connectivity index (χ0n) is 10.9. The molecule has 1 amide bonds. The second-order valence-electron chi connectivity index (χ2n) is 4.36. The molecule has 0 saturated heterocycles. The summed E-state index contributed by atoms with van der Waals surface area (Å²) in [4.78, 5) is 20.4. The summed E-state index contributed by atoms with van der Waals surface area (Å²) >= 11 is 0. The number of amides is 1. The Labute approximate surface area is 116 Å². The van der Waals surface area contributed by atoms with Gasteiger partial charge in [-0.25, -0.2) is 4.98 Å². The normalized spacial score (nSPS) is 17.1. The van der Waals surface area contributed by atoms with Crippen LogP contribution in [0.15, 0.2) is 47.6 Å². The molecule has 1 unspecified atom stereocenters. The molecule has 0 aliphatic carbocycles. The number of ether oxygens (including phenoxy) is 1. The van der Waals surface area contributed by atoms with E-state index in [4.69, 9.17) is 4.74 Å². The molecule has 5 heteroatoms. The molecular weight excluding hydrogens is 254 g/mol. The van der Waals surface area contributed by atoms with Crippen molar-refractivity contribution in [3.05, 3.63) is 48.2 Å². The van der Waals surface area contributed by atoms with E-state index in [0.29, 0.717) is 17.3 Å². The molecule has 100 valence electrons. The molecule has 0 radical (unpaired) electrons. The first kappa shape index (κ1) is 12.3. The fourth-order valence-electron chi connectivity index (χ4n) is 2.15. The number of anilines is 1. The summed E-state index contributed by atoms with van der Waals surface area (Å²) < 4.78 is 5.23. The molecule has 1 aliphatic rings. The van der Waals surface area contributed by atoms with Crippen molar-refractivity contribution in [3.8, 4) is 5.75 Å². The van der Waals surface area contributed by atoms with Gasteiger partial charge in [0.25, 0.3) is 0 Å². The van der Waals surface area contributed by atoms with Crippen molar-refractivity contribution in [2.75, 3.05) is 12.4 Å². The molecule has 0 fully saturated rings. The summed E-state index contributed by atoms with van der Waals surface area (Å²) in [5.74, 6) is 0.753. The predicted octanol–water partition coefficient (Wildman–Crippen LogP) is 2.53. The minimum Gasteiger partial charge on any atom is -0.494 e. The number of carbonyl (C=O) groups excluding carboxylic acids is 1. The third-order valence-electron chi connectivity index (χ3n) is 3.15. The van der Waals surface area contributed by atoms with Gasteiger partial charge in [-0.2, -0.15) is 0 Å². The number of nitrogens with one attached hydrogen (secondary N) is 1. The predicted molar refractivity (Wildman–Crippen MR) is 76.8 cm³/mol. The molecule has 20 heavy (non-hydrogen) atoms. The van der Waals surface area contributed by atoms with Gasteiger partial charge in [-0.3, -0.25) is 9.79 Å². The topological polar surface area (TPSA) is 63.6 Å². The van der Waals surface area contributed by atoms with E-state index in [1.807, 2.05) is 36.4 Å². The summed E-state index contributed by atoms with van der Waals surface area (Å²) in [6.45, 7) is 0. The highest BCUT2D eigenvalue weighted by Gasteiger charge is 2.29. The quantitative estimate of drug-likeness (QED) is 0.869. The van der Waals surface area contributed by atoms with Crippen LogP contribution in [0.1, 0.15) is 11.5 Å². The molecular formula is C15H13N3O2. The lowest BCUT2D eigenvalue weighted by atomic mass is 10.0. The van der Waals surface area contributed by atoms with Crippen LogP contribution in [0.5, 0.6) is 5.75 Å². The molecule has 5 nitrogen and oxygen atoms in total. The lowest BCUT2D eigenvalue weighted by Gasteiger charge is -2.04. The van der Waals surface area contributed by atoms with Crippen molar-refractivity contribution in [2.45, 2.75) is 5.92 Å². The largest absolute Gasteiger partial charge is 0.494 e. The summed E-state index contributed by atoms with van der Waals surface area (Å²) in [5.41, 5.74) is 1.54. The van der Waals surface area contributed by atoms with E-state index in [2.05, 4.69) is 15.3 Å². The fourth-order valence-corrected chi connectivity index (χ4v) is 2.15. The van der Waals surface area contributed by atoms with Crippen molar-refractivity contribution >= 4 is 23.6 Å². The minimum absolute atomic E-state index is 0.114. The maximum absolute atomic E-state index is 11.9. The SMILES string of the molecule is COc1ccccc1N=CC1C(=O)Nc2ncccc21. The highest BCUT2D eigenvalue weighted by Crippen LogP contribution is 2.31. The van der Waals surface area contributed by atoms with Gasteiger partial charge in [0.05, 0.1) is 7.11 Å². The average Bonchev–Trinajstić information content (AvgIpc) is 2.81. The zero-order chi connectivity index (χ0) is 13.9. The fraction of sp³-hybridized carbons (Fsp3) is 0.133. The number of methoxy groups -OCH3 is 1. The molecule has 1 N–H and O–H groups in total. The van der Waals surface area contributed by atoms with Crippen LogP contribution < -0.4 is 10.1 Å². The van der Waals surface area contributed by atoms with Crippen molar-refractivity contribution in [1.29, 1.82) is 0 Å². The molecule has 1 aliphatic heterocycles. The summed E-state index contributed by atoms with van der Waals surface area (Å²) in [6, 6.07) is 11.1. The Kier molecular flexibility index (Phi) is 3.16. The van der Waals surface area contributed by atoms with Crippen LogP contribution >= 0.6 is 0 Å². The van der Waals surface area contributed by atoms with Crippen LogP contribution in [0.2, 0.25) is 0 Å². The Morgan fingerprint density at radius 2 is 2.15 bits per heavy atom. The van der Waals surface area contributed by atoms with E-state index < -0.39 is 5.92 Å². The van der Waals surface area contributed by atoms with Gasteiger partial charge in [-0.05, 0) is 18.2 Å². The third-order valence-corrected chi connectivity index (χ3v) is 3.15. The van der Waals surface area contributed by atoms with Crippen molar-refractivity contribution in [3.63, 3.8) is 0 Å². The zero-order valence-corrected chi connectivity index (χ0v) is 10.9. The number of fused-ring (bicyclic) bond motifs is 1. The van der Waals surface area contributed by atoms with Crippen LogP contribution in [0.4, 0.5) is 11.5 Å². The average molecular weight is 267 g/mol. The van der Waals surface area contributed by atoms with Crippen LogP contribution in [-0.2, 0) is 4.79 Å². The van der Waals surface area contributed by atoms with E-state index in [1.165, 1.54) is 0 Å². The number of hydrogen-bond donors (Lipinski definition) is 1. The van der Waals surface area contributed by atoms with Gasteiger partial charge in [-0.1, -0.05) is 18.2 Å². The first-order valence-electron chi connectivity index (χ1n) is 6.22. The molecule has 1 aromatic heterocycles. The summed E-state index contributed by atoms with van der Waals surface area (Å²) in [6.07, 6.45) is 3.28. The van der Waals surface area contributed by atoms with Crippen molar-refractivity contribution < 1.29 is 9.53 Å². The van der Waals surface area contributed by atoms with E-state index >= 15 is 0 Å². The Morgan fingerprint density at radius 1 is 1.30 bits per heavy atom. The van der Waals surface area contributed by atoms with Crippen LogP contribution in [0.3, 0.4) is 0 Å². The van der Waals surface area contributed by atoms with E-state index in [9.17, 15) is 4.79 Å². The standard InChI is InChI=1S/C15H13N3O2/c1-20-13-7-3-2-6-12(13)17-9-11-10-5-4-8-16-14(10)18-15(11)19/h2-9,11H,1H3,(H,16,18,19). The molecule has 1 atom stereocenters. The summed E-state index contributed by atoms with van der Waals surface area (Å²) in [5, 5.41) is 2.74. The first-order chi connectivity index (χ1) is 9.79. The maximum Gasteiger partial charge on any atom is 0.238 e. The van der Waals surface area contributed by atoms with Crippen molar-refractivity contribution in [1.82, 2.24) is 4.98 Å². The van der Waals surface area contributed by atoms with Gasteiger partial charge in [0, 0.05) is 18.0 Å². The number of hydrogen-bond acceptors (Lipinski definition) is 4. The van der Waals surface area contributed by atoms with E-state index in [0.717, 1.165) is 5.56 Å². The molecule has 2 aromatic rings. The van der Waals surface area contributed by atoms with E-state index in [-0.39, 0.29) is 5.91 Å². The third kappa shape index (κ3) is 2.14. The molecule has 2 heterocycles. The minimum atomic E-state index is -0.413. The Hall–Kier alpha value is -2.69. The molecule has 0 spiro atoms. The summed E-state index contributed by atoms with van der Waals surface area (Å²) in [7, 11) is 1.59. The number of aromatic nitrogens is 1. The van der Waals surface area contributed by atoms with Gasteiger partial charge >= 0.3 is 0 Å². The van der Waals surface area contributed by atoms with Gasteiger partial charge in [0.15, 0.2) is 0 Å². The Balaban J connectivity index is 1.91. The molecule has 1 aromatic carbocycles.